The molecule has 28 heavy (non-hydrogen) atoms. The van der Waals surface area contributed by atoms with Crippen molar-refractivity contribution in [3.63, 3.8) is 0 Å². The van der Waals surface area contributed by atoms with Crippen molar-refractivity contribution in [1.29, 1.82) is 0 Å². The molecular formula is C19H18F3N5O. The van der Waals surface area contributed by atoms with E-state index >= 15 is 0 Å². The predicted octanol–water partition coefficient (Wildman–Crippen LogP) is 3.15. The number of aromatic nitrogens is 4. The van der Waals surface area contributed by atoms with Gasteiger partial charge in [0, 0.05) is 30.1 Å². The van der Waals surface area contributed by atoms with Crippen LogP contribution in [0.25, 0.3) is 5.78 Å². The van der Waals surface area contributed by atoms with E-state index in [1.165, 1.54) is 23.0 Å². The molecule has 1 aliphatic heterocycles. The van der Waals surface area contributed by atoms with Crippen LogP contribution in [0.4, 0.5) is 13.2 Å². The summed E-state index contributed by atoms with van der Waals surface area (Å²) in [5.74, 6) is -4.61. The van der Waals surface area contributed by atoms with Gasteiger partial charge in [-0.05, 0) is 43.7 Å². The van der Waals surface area contributed by atoms with Gasteiger partial charge in [0.25, 0.3) is 17.6 Å². The normalized spacial score (nSPS) is 19.2. The van der Waals surface area contributed by atoms with E-state index in [9.17, 15) is 18.0 Å². The summed E-state index contributed by atoms with van der Waals surface area (Å²) in [7, 11) is 0. The molecule has 0 saturated carbocycles. The number of rotatable bonds is 2. The Hall–Kier alpha value is -2.97. The lowest BCUT2D eigenvalue weighted by Crippen LogP contribution is -2.49. The number of amides is 1. The second-order valence-electron chi connectivity index (χ2n) is 7.25. The highest BCUT2D eigenvalue weighted by Crippen LogP contribution is 2.36. The molecule has 6 nitrogen and oxygen atoms in total. The van der Waals surface area contributed by atoms with Crippen molar-refractivity contribution in [3.8, 4) is 0 Å². The number of fused-ring (bicyclic) bond motifs is 1. The first-order valence-electron chi connectivity index (χ1n) is 8.83. The molecular weight excluding hydrogens is 371 g/mol. The van der Waals surface area contributed by atoms with Crippen LogP contribution in [-0.4, -0.2) is 49.4 Å². The number of benzene rings is 1. The fraction of sp³-hybridized carbons (Fsp3) is 0.368. The second-order valence-corrected chi connectivity index (χ2v) is 7.25. The van der Waals surface area contributed by atoms with Gasteiger partial charge in [0.1, 0.15) is 12.1 Å². The summed E-state index contributed by atoms with van der Waals surface area (Å²) < 4.78 is 44.2. The van der Waals surface area contributed by atoms with Crippen molar-refractivity contribution < 1.29 is 18.0 Å². The Bertz CT molecular complexity index is 1040. The zero-order valence-corrected chi connectivity index (χ0v) is 15.4. The van der Waals surface area contributed by atoms with Gasteiger partial charge in [0.05, 0.1) is 12.2 Å². The summed E-state index contributed by atoms with van der Waals surface area (Å²) >= 11 is 0. The van der Waals surface area contributed by atoms with Gasteiger partial charge in [-0.3, -0.25) is 4.79 Å². The zero-order valence-electron chi connectivity index (χ0n) is 15.4. The summed E-state index contributed by atoms with van der Waals surface area (Å²) in [6, 6.07) is 5.54. The highest BCUT2D eigenvalue weighted by atomic mass is 19.3. The summed E-state index contributed by atoms with van der Waals surface area (Å²) in [5.41, 5.74) is 1.76. The molecule has 146 valence electrons. The second kappa shape index (κ2) is 6.57. The maximum Gasteiger partial charge on any atom is 0.266 e. The van der Waals surface area contributed by atoms with Gasteiger partial charge in [-0.15, -0.1) is 0 Å². The van der Waals surface area contributed by atoms with Gasteiger partial charge in [0.15, 0.2) is 0 Å². The lowest BCUT2D eigenvalue weighted by Gasteiger charge is -2.37. The van der Waals surface area contributed by atoms with E-state index in [0.717, 1.165) is 11.0 Å². The Morgan fingerprint density at radius 2 is 2.00 bits per heavy atom. The number of likely N-dealkylation sites (tertiary alicyclic amines) is 1. The van der Waals surface area contributed by atoms with Crippen LogP contribution in [0.3, 0.4) is 0 Å². The van der Waals surface area contributed by atoms with Gasteiger partial charge < -0.3 is 4.90 Å². The fourth-order valence-corrected chi connectivity index (χ4v) is 3.74. The molecule has 0 N–H and O–H groups in total. The van der Waals surface area contributed by atoms with E-state index in [0.29, 0.717) is 22.7 Å². The molecule has 1 atom stereocenters. The molecule has 0 bridgehead atoms. The molecule has 3 aromatic rings. The molecule has 0 radical (unpaired) electrons. The van der Waals surface area contributed by atoms with E-state index in [1.807, 2.05) is 0 Å². The minimum absolute atomic E-state index is 0.0609. The number of piperidine rings is 1. The van der Waals surface area contributed by atoms with E-state index in [2.05, 4.69) is 15.1 Å². The third-order valence-corrected chi connectivity index (χ3v) is 4.81. The van der Waals surface area contributed by atoms with Gasteiger partial charge in [-0.1, -0.05) is 0 Å². The van der Waals surface area contributed by atoms with Crippen LogP contribution < -0.4 is 0 Å². The lowest BCUT2D eigenvalue weighted by atomic mass is 9.91. The molecule has 1 aromatic carbocycles. The van der Waals surface area contributed by atoms with E-state index < -0.39 is 36.5 Å². The van der Waals surface area contributed by atoms with Crippen LogP contribution in [0.15, 0.2) is 30.6 Å². The van der Waals surface area contributed by atoms with Gasteiger partial charge in [-0.2, -0.15) is 10.1 Å². The summed E-state index contributed by atoms with van der Waals surface area (Å²) in [6.45, 7) is 2.76. The van der Waals surface area contributed by atoms with Gasteiger partial charge in [0.2, 0.25) is 0 Å². The van der Waals surface area contributed by atoms with E-state index in [1.54, 1.807) is 19.9 Å². The number of aryl methyl sites for hydroxylation is 2. The lowest BCUT2D eigenvalue weighted by molar-refractivity contribution is -0.0641. The number of alkyl halides is 2. The third kappa shape index (κ3) is 3.44. The molecule has 9 heteroatoms. The highest BCUT2D eigenvalue weighted by Gasteiger charge is 2.43. The number of carbonyl (C=O) groups excluding carboxylic acids is 1. The monoisotopic (exact) mass is 389 g/mol. The van der Waals surface area contributed by atoms with Crippen molar-refractivity contribution in [2.75, 3.05) is 13.1 Å². The van der Waals surface area contributed by atoms with Crippen LogP contribution in [0.5, 0.6) is 0 Å². The molecule has 1 fully saturated rings. The number of halogens is 3. The average Bonchev–Trinajstić information content (AvgIpc) is 3.06. The summed E-state index contributed by atoms with van der Waals surface area (Å²) in [5, 5.41) is 4.08. The predicted molar refractivity (Wildman–Crippen MR) is 94.9 cm³/mol. The van der Waals surface area contributed by atoms with Crippen molar-refractivity contribution in [2.24, 2.45) is 0 Å². The first kappa shape index (κ1) is 18.4. The highest BCUT2D eigenvalue weighted by molar-refractivity contribution is 5.94. The first-order chi connectivity index (χ1) is 13.2. The smallest absolute Gasteiger partial charge is 0.266 e. The Labute approximate surface area is 159 Å². The molecule has 0 spiro atoms. The summed E-state index contributed by atoms with van der Waals surface area (Å²) in [6.07, 6.45) is 0.891. The largest absolute Gasteiger partial charge is 0.332 e. The molecule has 0 aliphatic carbocycles. The number of hydrogen-bond donors (Lipinski definition) is 0. The fourth-order valence-electron chi connectivity index (χ4n) is 3.74. The minimum Gasteiger partial charge on any atom is -0.332 e. The van der Waals surface area contributed by atoms with E-state index in [-0.39, 0.29) is 12.1 Å². The molecule has 1 saturated heterocycles. The molecule has 1 aliphatic rings. The van der Waals surface area contributed by atoms with Crippen molar-refractivity contribution in [3.05, 3.63) is 58.9 Å². The van der Waals surface area contributed by atoms with Crippen LogP contribution in [-0.2, 0) is 0 Å². The molecule has 2 aromatic heterocycles. The quantitative estimate of drug-likeness (QED) is 0.676. The van der Waals surface area contributed by atoms with Crippen LogP contribution in [0.1, 0.15) is 39.6 Å². The van der Waals surface area contributed by atoms with Crippen LogP contribution in [0.2, 0.25) is 0 Å². The number of nitrogens with zero attached hydrogens (tertiary/aromatic N) is 5. The van der Waals surface area contributed by atoms with Crippen molar-refractivity contribution in [2.45, 2.75) is 32.1 Å². The Morgan fingerprint density at radius 3 is 2.75 bits per heavy atom. The van der Waals surface area contributed by atoms with Crippen LogP contribution in [0, 0.1) is 19.7 Å². The molecule has 4 rings (SSSR count). The standard InChI is InChI=1S/C19H18F3N5O/c1-11-3-13(6-15(20)4-11)17(28)26-8-14(7-19(21,22)9-26)16-5-12(2)25-18-23-10-24-27(16)18/h3-6,10,14H,7-9H2,1-2H3. The van der Waals surface area contributed by atoms with Crippen molar-refractivity contribution in [1.82, 2.24) is 24.5 Å². The number of carbonyl (C=O) groups is 1. The zero-order chi connectivity index (χ0) is 20.1. The summed E-state index contributed by atoms with van der Waals surface area (Å²) in [4.78, 5) is 22.2. The molecule has 1 amide bonds. The topological polar surface area (TPSA) is 63.4 Å². The molecule has 3 heterocycles. The Balaban J connectivity index is 1.71. The Kier molecular flexibility index (Phi) is 4.32. The first-order valence-corrected chi connectivity index (χ1v) is 8.83. The maximum atomic E-state index is 14.5. The maximum absolute atomic E-state index is 14.5. The minimum atomic E-state index is -3.08. The number of hydrogen-bond acceptors (Lipinski definition) is 4. The van der Waals surface area contributed by atoms with Crippen LogP contribution >= 0.6 is 0 Å². The molecule has 1 unspecified atom stereocenters. The van der Waals surface area contributed by atoms with E-state index in [4.69, 9.17) is 0 Å². The van der Waals surface area contributed by atoms with Crippen molar-refractivity contribution >= 4 is 11.7 Å². The third-order valence-electron chi connectivity index (χ3n) is 4.81. The SMILES string of the molecule is Cc1cc(F)cc(C(=O)N2CC(c3cc(C)nc4ncnn34)CC(F)(F)C2)c1. The van der Waals surface area contributed by atoms with Gasteiger partial charge >= 0.3 is 0 Å². The average molecular weight is 389 g/mol. The van der Waals surface area contributed by atoms with Gasteiger partial charge in [-0.25, -0.2) is 22.7 Å². The Morgan fingerprint density at radius 1 is 1.21 bits per heavy atom.